The number of carbonyl (C=O) groups excluding carboxylic acids is 1. The predicted octanol–water partition coefficient (Wildman–Crippen LogP) is 3.08. The Balaban J connectivity index is 1.52. The highest BCUT2D eigenvalue weighted by Gasteiger charge is 2.13. The lowest BCUT2D eigenvalue weighted by Crippen LogP contribution is -2.36. The highest BCUT2D eigenvalue weighted by molar-refractivity contribution is 7.10. The zero-order chi connectivity index (χ0) is 15.4. The van der Waals surface area contributed by atoms with Crippen LogP contribution in [0.1, 0.15) is 23.4 Å². The Morgan fingerprint density at radius 1 is 1.27 bits per heavy atom. The van der Waals surface area contributed by atoms with Crippen LogP contribution in [0.15, 0.2) is 35.7 Å². The van der Waals surface area contributed by atoms with E-state index in [-0.39, 0.29) is 12.1 Å². The number of thiophene rings is 1. The lowest BCUT2D eigenvalue weighted by molar-refractivity contribution is 0.171. The molecule has 0 radical (unpaired) electrons. The molecule has 6 heteroatoms. The molecule has 0 saturated heterocycles. The van der Waals surface area contributed by atoms with Crippen molar-refractivity contribution in [3.63, 3.8) is 0 Å². The third-order valence-corrected chi connectivity index (χ3v) is 4.43. The normalized spacial score (nSPS) is 14.2. The smallest absolute Gasteiger partial charge is 0.315 e. The van der Waals surface area contributed by atoms with Crippen LogP contribution in [0.3, 0.4) is 0 Å². The molecule has 1 aromatic carbocycles. The molecule has 1 atom stereocenters. The molecule has 3 rings (SSSR count). The molecule has 2 N–H and O–H groups in total. The van der Waals surface area contributed by atoms with E-state index in [2.05, 4.69) is 10.6 Å². The van der Waals surface area contributed by atoms with Gasteiger partial charge >= 0.3 is 6.03 Å². The van der Waals surface area contributed by atoms with Crippen molar-refractivity contribution < 1.29 is 14.3 Å². The summed E-state index contributed by atoms with van der Waals surface area (Å²) in [5.41, 5.74) is 0.975. The monoisotopic (exact) mass is 318 g/mol. The van der Waals surface area contributed by atoms with Crippen LogP contribution < -0.4 is 20.1 Å². The maximum atomic E-state index is 11.9. The topological polar surface area (TPSA) is 59.6 Å². The van der Waals surface area contributed by atoms with Gasteiger partial charge in [-0.25, -0.2) is 4.79 Å². The molecule has 2 aromatic rings. The van der Waals surface area contributed by atoms with E-state index >= 15 is 0 Å². The Bertz CT molecular complexity index is 643. The van der Waals surface area contributed by atoms with Crippen LogP contribution in [0.25, 0.3) is 0 Å². The molecule has 0 bridgehead atoms. The molecule has 0 saturated carbocycles. The zero-order valence-electron chi connectivity index (χ0n) is 12.3. The van der Waals surface area contributed by atoms with E-state index in [4.69, 9.17) is 9.47 Å². The molecule has 116 valence electrons. The molecular weight excluding hydrogens is 300 g/mol. The Hall–Kier alpha value is -2.21. The van der Waals surface area contributed by atoms with Gasteiger partial charge in [0.1, 0.15) is 13.2 Å². The van der Waals surface area contributed by atoms with Crippen LogP contribution in [-0.4, -0.2) is 19.2 Å². The second kappa shape index (κ2) is 6.70. The fourth-order valence-corrected chi connectivity index (χ4v) is 2.97. The summed E-state index contributed by atoms with van der Waals surface area (Å²) in [6.07, 6.45) is 0. The number of rotatable bonds is 4. The summed E-state index contributed by atoms with van der Waals surface area (Å²) >= 11 is 1.63. The minimum atomic E-state index is -0.184. The van der Waals surface area contributed by atoms with Crippen molar-refractivity contribution in [3.8, 4) is 11.5 Å². The van der Waals surface area contributed by atoms with E-state index in [0.29, 0.717) is 19.8 Å². The van der Waals surface area contributed by atoms with Crippen molar-refractivity contribution in [3.05, 3.63) is 46.2 Å². The third-order valence-electron chi connectivity index (χ3n) is 3.38. The summed E-state index contributed by atoms with van der Waals surface area (Å²) in [6.45, 7) is 3.55. The van der Waals surface area contributed by atoms with Gasteiger partial charge in [0.15, 0.2) is 11.5 Å². The molecule has 1 unspecified atom stereocenters. The van der Waals surface area contributed by atoms with Gasteiger partial charge in [-0.2, -0.15) is 0 Å². The van der Waals surface area contributed by atoms with Gasteiger partial charge in [-0.15, -0.1) is 11.3 Å². The van der Waals surface area contributed by atoms with E-state index in [1.807, 2.05) is 42.6 Å². The molecule has 0 spiro atoms. The Labute approximate surface area is 133 Å². The minimum absolute atomic E-state index is 0.000247. The lowest BCUT2D eigenvalue weighted by atomic mass is 10.2. The summed E-state index contributed by atoms with van der Waals surface area (Å²) in [4.78, 5) is 13.1. The number of amides is 2. The van der Waals surface area contributed by atoms with E-state index < -0.39 is 0 Å². The fourth-order valence-electron chi connectivity index (χ4n) is 2.24. The molecule has 2 amide bonds. The molecule has 1 aromatic heterocycles. The highest BCUT2D eigenvalue weighted by atomic mass is 32.1. The van der Waals surface area contributed by atoms with E-state index in [1.165, 1.54) is 0 Å². The maximum absolute atomic E-state index is 11.9. The number of ether oxygens (including phenoxy) is 2. The number of hydrogen-bond acceptors (Lipinski definition) is 4. The van der Waals surface area contributed by atoms with Gasteiger partial charge in [-0.3, -0.25) is 0 Å². The largest absolute Gasteiger partial charge is 0.486 e. The number of urea groups is 1. The SMILES string of the molecule is CC(NC(=O)NCc1ccc2c(c1)OCCO2)c1cccs1. The number of benzene rings is 1. The van der Waals surface area contributed by atoms with Crippen LogP contribution in [0, 0.1) is 0 Å². The number of fused-ring (bicyclic) bond motifs is 1. The van der Waals surface area contributed by atoms with Gasteiger partial charge in [0.2, 0.25) is 0 Å². The van der Waals surface area contributed by atoms with Crippen LogP contribution in [0.2, 0.25) is 0 Å². The molecule has 2 heterocycles. The van der Waals surface area contributed by atoms with Crippen LogP contribution >= 0.6 is 11.3 Å². The van der Waals surface area contributed by atoms with Crippen molar-refractivity contribution in [2.24, 2.45) is 0 Å². The van der Waals surface area contributed by atoms with Gasteiger partial charge in [0.25, 0.3) is 0 Å². The maximum Gasteiger partial charge on any atom is 0.315 e. The summed E-state index contributed by atoms with van der Waals surface area (Å²) in [5.74, 6) is 1.49. The van der Waals surface area contributed by atoms with Gasteiger partial charge < -0.3 is 20.1 Å². The molecule has 22 heavy (non-hydrogen) atoms. The first-order valence-electron chi connectivity index (χ1n) is 7.18. The average Bonchev–Trinajstić information content (AvgIpc) is 3.07. The zero-order valence-corrected chi connectivity index (χ0v) is 13.1. The van der Waals surface area contributed by atoms with Crippen LogP contribution in [0.5, 0.6) is 11.5 Å². The van der Waals surface area contributed by atoms with Crippen molar-refractivity contribution in [2.45, 2.75) is 19.5 Å². The van der Waals surface area contributed by atoms with Crippen LogP contribution in [0.4, 0.5) is 4.79 Å². The predicted molar refractivity (Wildman–Crippen MR) is 85.5 cm³/mol. The molecular formula is C16H18N2O3S. The number of carbonyl (C=O) groups is 1. The quantitative estimate of drug-likeness (QED) is 0.911. The first-order chi connectivity index (χ1) is 10.7. The second-order valence-electron chi connectivity index (χ2n) is 5.04. The molecule has 1 aliphatic rings. The van der Waals surface area contributed by atoms with Crippen LogP contribution in [-0.2, 0) is 6.54 Å². The highest BCUT2D eigenvalue weighted by Crippen LogP contribution is 2.30. The number of nitrogens with one attached hydrogen (secondary N) is 2. The number of hydrogen-bond donors (Lipinski definition) is 2. The first kappa shape index (κ1) is 14.7. The summed E-state index contributed by atoms with van der Waals surface area (Å²) in [5, 5.41) is 7.78. The van der Waals surface area contributed by atoms with Crippen molar-refractivity contribution in [1.29, 1.82) is 0 Å². The Morgan fingerprint density at radius 2 is 2.09 bits per heavy atom. The standard InChI is InChI=1S/C16H18N2O3S/c1-11(15-3-2-8-22-15)18-16(19)17-10-12-4-5-13-14(9-12)21-7-6-20-13/h2-5,8-9,11H,6-7,10H2,1H3,(H2,17,18,19). The van der Waals surface area contributed by atoms with E-state index in [1.54, 1.807) is 11.3 Å². The van der Waals surface area contributed by atoms with Gasteiger partial charge in [0, 0.05) is 11.4 Å². The Kier molecular flexibility index (Phi) is 4.48. The Morgan fingerprint density at radius 3 is 2.86 bits per heavy atom. The van der Waals surface area contributed by atoms with Crippen molar-refractivity contribution in [1.82, 2.24) is 10.6 Å². The first-order valence-corrected chi connectivity index (χ1v) is 8.06. The molecule has 0 fully saturated rings. The summed E-state index contributed by atoms with van der Waals surface area (Å²) in [6, 6.07) is 9.50. The minimum Gasteiger partial charge on any atom is -0.486 e. The fraction of sp³-hybridized carbons (Fsp3) is 0.312. The van der Waals surface area contributed by atoms with Crippen molar-refractivity contribution >= 4 is 17.4 Å². The summed E-state index contributed by atoms with van der Waals surface area (Å²) in [7, 11) is 0. The van der Waals surface area contributed by atoms with Crippen molar-refractivity contribution in [2.75, 3.05) is 13.2 Å². The lowest BCUT2D eigenvalue weighted by Gasteiger charge is -2.19. The second-order valence-corrected chi connectivity index (χ2v) is 6.02. The van der Waals surface area contributed by atoms with Gasteiger partial charge in [0.05, 0.1) is 6.04 Å². The molecule has 5 nitrogen and oxygen atoms in total. The molecule has 1 aliphatic heterocycles. The van der Waals surface area contributed by atoms with E-state index in [0.717, 1.165) is 21.9 Å². The summed E-state index contributed by atoms with van der Waals surface area (Å²) < 4.78 is 11.0. The van der Waals surface area contributed by atoms with Gasteiger partial charge in [-0.05, 0) is 36.1 Å². The van der Waals surface area contributed by atoms with E-state index in [9.17, 15) is 4.79 Å². The average molecular weight is 318 g/mol. The van der Waals surface area contributed by atoms with Gasteiger partial charge in [-0.1, -0.05) is 12.1 Å². The third kappa shape index (κ3) is 3.51. The molecule has 0 aliphatic carbocycles.